The van der Waals surface area contributed by atoms with Gasteiger partial charge in [-0.25, -0.2) is 0 Å². The van der Waals surface area contributed by atoms with Crippen LogP contribution in [0.2, 0.25) is 0 Å². The molecule has 0 aliphatic carbocycles. The molecule has 2 heterocycles. The molecule has 1 aromatic rings. The third-order valence-corrected chi connectivity index (χ3v) is 3.66. The first kappa shape index (κ1) is 15.0. The molecule has 0 spiro atoms. The molecule has 2 N–H and O–H groups in total. The first-order valence-corrected chi connectivity index (χ1v) is 7.21. The van der Waals surface area contributed by atoms with Gasteiger partial charge in [-0.2, -0.15) is 10.1 Å². The van der Waals surface area contributed by atoms with Crippen molar-refractivity contribution in [3.05, 3.63) is 42.0 Å². The molecule has 0 saturated carbocycles. The summed E-state index contributed by atoms with van der Waals surface area (Å²) in [5.41, 5.74) is 0.970. The highest BCUT2D eigenvalue weighted by Crippen LogP contribution is 2.25. The Bertz CT molecular complexity index is 763. The number of rotatable bonds is 2. The lowest BCUT2D eigenvalue weighted by Crippen LogP contribution is -2.51. The number of hydrogen-bond acceptors (Lipinski definition) is 5. The summed E-state index contributed by atoms with van der Waals surface area (Å²) >= 11 is 4.73. The van der Waals surface area contributed by atoms with E-state index >= 15 is 0 Å². The van der Waals surface area contributed by atoms with Crippen molar-refractivity contribution in [2.24, 2.45) is 11.0 Å². The molecular formula is C15H12N4O3S. The van der Waals surface area contributed by atoms with Crippen LogP contribution < -0.4 is 15.6 Å². The first-order valence-electron chi connectivity index (χ1n) is 6.80. The summed E-state index contributed by atoms with van der Waals surface area (Å²) in [6.07, 6.45) is 1.32. The van der Waals surface area contributed by atoms with Crippen molar-refractivity contribution in [2.75, 3.05) is 5.01 Å². The molecule has 0 radical (unpaired) electrons. The molecule has 2 aliphatic heterocycles. The molecule has 8 heteroatoms. The summed E-state index contributed by atoms with van der Waals surface area (Å²) in [4.78, 5) is 36.3. The Hall–Kier alpha value is -2.87. The van der Waals surface area contributed by atoms with E-state index in [0.29, 0.717) is 11.4 Å². The topological polar surface area (TPSA) is 90.9 Å². The summed E-state index contributed by atoms with van der Waals surface area (Å²) < 4.78 is 0. The van der Waals surface area contributed by atoms with Gasteiger partial charge in [0.2, 0.25) is 0 Å². The van der Waals surface area contributed by atoms with Crippen LogP contribution >= 0.6 is 12.2 Å². The number of nitrogens with one attached hydrogen (secondary N) is 2. The van der Waals surface area contributed by atoms with E-state index < -0.39 is 17.7 Å². The van der Waals surface area contributed by atoms with Gasteiger partial charge in [0.05, 0.1) is 17.3 Å². The molecule has 23 heavy (non-hydrogen) atoms. The second kappa shape index (κ2) is 5.73. The van der Waals surface area contributed by atoms with Crippen molar-refractivity contribution in [3.63, 3.8) is 0 Å². The summed E-state index contributed by atoms with van der Waals surface area (Å²) in [6, 6.07) is 8.93. The minimum atomic E-state index is -0.770. The van der Waals surface area contributed by atoms with Crippen LogP contribution in [0.15, 0.2) is 47.1 Å². The predicted octanol–water partition coefficient (Wildman–Crippen LogP) is 0.483. The molecule has 3 amide bonds. The standard InChI is InChI=1S/C15H12N4O3S/c1-8-10(7-11-12(20)16-15(23)17-13(11)21)14(22)19(18-8)9-5-3-2-4-6-9/h2-7,10H,1H3,(H2,16,17,20,21,23). The Kier molecular flexibility index (Phi) is 3.75. The van der Waals surface area contributed by atoms with Crippen molar-refractivity contribution in [3.8, 4) is 0 Å². The average Bonchev–Trinajstić information content (AvgIpc) is 2.79. The second-order valence-corrected chi connectivity index (χ2v) is 5.43. The maximum atomic E-state index is 12.5. The molecule has 3 rings (SSSR count). The van der Waals surface area contributed by atoms with Crippen molar-refractivity contribution >= 4 is 46.5 Å². The van der Waals surface area contributed by atoms with Gasteiger partial charge in [0.15, 0.2) is 5.11 Å². The number of hydrazone groups is 1. The van der Waals surface area contributed by atoms with Crippen LogP contribution in [0.25, 0.3) is 0 Å². The van der Waals surface area contributed by atoms with E-state index in [1.165, 1.54) is 11.1 Å². The number of benzene rings is 1. The van der Waals surface area contributed by atoms with Gasteiger partial charge < -0.3 is 0 Å². The zero-order valence-corrected chi connectivity index (χ0v) is 12.9. The molecule has 0 aromatic heterocycles. The summed E-state index contributed by atoms with van der Waals surface area (Å²) in [5.74, 6) is -2.35. The van der Waals surface area contributed by atoms with E-state index in [2.05, 4.69) is 15.7 Å². The number of hydrogen-bond donors (Lipinski definition) is 2. The maximum Gasteiger partial charge on any atom is 0.262 e. The zero-order valence-electron chi connectivity index (χ0n) is 12.1. The van der Waals surface area contributed by atoms with Crippen LogP contribution in [0.1, 0.15) is 6.92 Å². The quantitative estimate of drug-likeness (QED) is 0.469. The Morgan fingerprint density at radius 2 is 1.74 bits per heavy atom. The van der Waals surface area contributed by atoms with Gasteiger partial charge in [0.25, 0.3) is 17.7 Å². The molecule has 0 bridgehead atoms. The number of anilines is 1. The van der Waals surface area contributed by atoms with Gasteiger partial charge in [-0.3, -0.25) is 25.0 Å². The molecule has 1 unspecified atom stereocenters. The third-order valence-electron chi connectivity index (χ3n) is 3.46. The molecular weight excluding hydrogens is 316 g/mol. The van der Waals surface area contributed by atoms with E-state index in [1.54, 1.807) is 31.2 Å². The third kappa shape index (κ3) is 2.76. The van der Waals surface area contributed by atoms with Crippen LogP contribution in [0.3, 0.4) is 0 Å². The van der Waals surface area contributed by atoms with Gasteiger partial charge in [0, 0.05) is 0 Å². The van der Waals surface area contributed by atoms with Gasteiger partial charge in [-0.1, -0.05) is 18.2 Å². The van der Waals surface area contributed by atoms with Crippen LogP contribution in [-0.4, -0.2) is 28.5 Å². The van der Waals surface area contributed by atoms with E-state index in [0.717, 1.165) is 0 Å². The van der Waals surface area contributed by atoms with Crippen LogP contribution in [0.4, 0.5) is 5.69 Å². The zero-order chi connectivity index (χ0) is 16.6. The number of nitrogens with zero attached hydrogens (tertiary/aromatic N) is 2. The Labute approximate surface area is 137 Å². The predicted molar refractivity (Wildman–Crippen MR) is 87.5 cm³/mol. The van der Waals surface area contributed by atoms with E-state index in [4.69, 9.17) is 12.2 Å². The van der Waals surface area contributed by atoms with Crippen LogP contribution in [-0.2, 0) is 14.4 Å². The van der Waals surface area contributed by atoms with Crippen molar-refractivity contribution in [1.82, 2.24) is 10.6 Å². The number of thiocarbonyl (C=S) groups is 1. The SMILES string of the molecule is CC1=NN(c2ccccc2)C(=O)C1C=C1C(=O)NC(=S)NC1=O. The van der Waals surface area contributed by atoms with E-state index in [-0.39, 0.29) is 16.6 Å². The van der Waals surface area contributed by atoms with Crippen molar-refractivity contribution in [1.29, 1.82) is 0 Å². The second-order valence-electron chi connectivity index (χ2n) is 5.02. The van der Waals surface area contributed by atoms with Crippen molar-refractivity contribution < 1.29 is 14.4 Å². The summed E-state index contributed by atoms with van der Waals surface area (Å²) in [6.45, 7) is 1.67. The number of carbonyl (C=O) groups is 3. The minimum Gasteiger partial charge on any atom is -0.299 e. The summed E-state index contributed by atoms with van der Waals surface area (Å²) in [5, 5.41) is 10.1. The smallest absolute Gasteiger partial charge is 0.262 e. The van der Waals surface area contributed by atoms with E-state index in [9.17, 15) is 14.4 Å². The molecule has 1 saturated heterocycles. The normalized spacial score (nSPS) is 21.1. The maximum absolute atomic E-state index is 12.5. The highest BCUT2D eigenvalue weighted by molar-refractivity contribution is 7.80. The fraction of sp³-hybridized carbons (Fsp3) is 0.133. The molecule has 1 fully saturated rings. The number of carbonyl (C=O) groups excluding carboxylic acids is 3. The number of amides is 3. The van der Waals surface area contributed by atoms with Gasteiger partial charge in [-0.15, -0.1) is 0 Å². The average molecular weight is 328 g/mol. The molecule has 1 atom stereocenters. The number of para-hydroxylation sites is 1. The molecule has 1 aromatic carbocycles. The highest BCUT2D eigenvalue weighted by atomic mass is 32.1. The largest absolute Gasteiger partial charge is 0.299 e. The minimum absolute atomic E-state index is 0.0498. The Balaban J connectivity index is 1.90. The van der Waals surface area contributed by atoms with Gasteiger partial charge >= 0.3 is 0 Å². The lowest BCUT2D eigenvalue weighted by Gasteiger charge is -2.17. The monoisotopic (exact) mass is 328 g/mol. The van der Waals surface area contributed by atoms with Gasteiger partial charge in [0.1, 0.15) is 5.57 Å². The lowest BCUT2D eigenvalue weighted by atomic mass is 9.99. The van der Waals surface area contributed by atoms with E-state index in [1.807, 2.05) is 6.07 Å². The molecule has 7 nitrogen and oxygen atoms in total. The van der Waals surface area contributed by atoms with Crippen LogP contribution in [0.5, 0.6) is 0 Å². The highest BCUT2D eigenvalue weighted by Gasteiger charge is 2.36. The fourth-order valence-electron chi connectivity index (χ4n) is 2.32. The molecule has 2 aliphatic rings. The van der Waals surface area contributed by atoms with Gasteiger partial charge in [-0.05, 0) is 37.4 Å². The Morgan fingerprint density at radius 1 is 1.13 bits per heavy atom. The van der Waals surface area contributed by atoms with Crippen LogP contribution in [0, 0.1) is 5.92 Å². The fourth-order valence-corrected chi connectivity index (χ4v) is 2.50. The lowest BCUT2D eigenvalue weighted by molar-refractivity contribution is -0.123. The first-order chi connectivity index (χ1) is 11.0. The van der Waals surface area contributed by atoms with Crippen molar-refractivity contribution in [2.45, 2.75) is 6.92 Å². The Morgan fingerprint density at radius 3 is 2.35 bits per heavy atom. The molecule has 116 valence electrons. The summed E-state index contributed by atoms with van der Waals surface area (Å²) in [7, 11) is 0.